The molecule has 0 aromatic heterocycles. The quantitative estimate of drug-likeness (QED) is 0.497. The molecule has 0 radical (unpaired) electrons. The van der Waals surface area contributed by atoms with Crippen LogP contribution in [0.1, 0.15) is 98.8 Å². The maximum absolute atomic E-state index is 10.2. The summed E-state index contributed by atoms with van der Waals surface area (Å²) in [7, 11) is 0. The normalized spacial score (nSPS) is 34.4. The largest absolute Gasteiger partial charge is 0.393 e. The molecule has 1 saturated carbocycles. The third kappa shape index (κ3) is 5.07. The number of fused-ring (bicyclic) bond motifs is 1. The minimum absolute atomic E-state index is 0.379. The first-order valence-electron chi connectivity index (χ1n) is 12.2. The first-order valence-corrected chi connectivity index (χ1v) is 12.2. The van der Waals surface area contributed by atoms with Crippen LogP contribution in [0.25, 0.3) is 0 Å². The van der Waals surface area contributed by atoms with E-state index in [9.17, 15) is 10.2 Å². The smallest absolute Gasteiger partial charge is 0.0777 e. The number of aliphatic hydroxyl groups is 2. The molecule has 2 heteroatoms. The van der Waals surface area contributed by atoms with Crippen LogP contribution in [0.15, 0.2) is 34.4 Å². The van der Waals surface area contributed by atoms with Gasteiger partial charge in [-0.15, -0.1) is 0 Å². The molecule has 164 valence electrons. The number of allylic oxidation sites excluding steroid dienone is 4. The second-order valence-electron chi connectivity index (χ2n) is 10.9. The summed E-state index contributed by atoms with van der Waals surface area (Å²) in [5.41, 5.74) is 5.82. The van der Waals surface area contributed by atoms with E-state index in [2.05, 4.69) is 39.8 Å². The number of rotatable bonds is 7. The highest BCUT2D eigenvalue weighted by molar-refractivity contribution is 5.40. The zero-order valence-corrected chi connectivity index (χ0v) is 19.5. The Labute approximate surface area is 179 Å². The molecule has 0 bridgehead atoms. The average molecular weight is 401 g/mol. The van der Waals surface area contributed by atoms with Crippen LogP contribution < -0.4 is 0 Å². The van der Waals surface area contributed by atoms with Crippen molar-refractivity contribution in [2.24, 2.45) is 23.2 Å². The van der Waals surface area contributed by atoms with Crippen LogP contribution in [-0.4, -0.2) is 22.4 Å². The SMILES string of the molecule is CC1=C(/C=C/C2=C3CC[C@H]([C@H](C)CCCC(C)C)[C@@]3(C)CCC2)C[C@@H](O)C[C@@H]1O. The standard InChI is InChI=1S/C27H44O2/c1-18(2)8-6-9-19(3)24-13-14-25-21(10-7-15-27(24,25)5)11-12-22-16-23(28)17-26(29)20(22)4/h11-12,18-19,23-24,26,28-29H,6-10,13-17H2,1-5H3/b12-11+/t19-,23-,24-,26+,27-/m1/s1. The summed E-state index contributed by atoms with van der Waals surface area (Å²) in [5.74, 6) is 2.46. The molecule has 0 aromatic carbocycles. The summed E-state index contributed by atoms with van der Waals surface area (Å²) >= 11 is 0. The molecule has 0 spiro atoms. The number of hydrogen-bond donors (Lipinski definition) is 2. The van der Waals surface area contributed by atoms with E-state index in [1.54, 1.807) is 11.1 Å². The van der Waals surface area contributed by atoms with E-state index in [-0.39, 0.29) is 0 Å². The molecule has 3 aliphatic carbocycles. The molecule has 0 unspecified atom stereocenters. The Hall–Kier alpha value is -0.860. The Morgan fingerprint density at radius 2 is 1.79 bits per heavy atom. The van der Waals surface area contributed by atoms with E-state index < -0.39 is 12.2 Å². The molecule has 0 saturated heterocycles. The van der Waals surface area contributed by atoms with Crippen molar-refractivity contribution >= 4 is 0 Å². The Kier molecular flexibility index (Phi) is 7.49. The minimum Gasteiger partial charge on any atom is -0.393 e. The van der Waals surface area contributed by atoms with Gasteiger partial charge in [-0.1, -0.05) is 64.7 Å². The highest BCUT2D eigenvalue weighted by Gasteiger charge is 2.46. The van der Waals surface area contributed by atoms with Crippen LogP contribution >= 0.6 is 0 Å². The van der Waals surface area contributed by atoms with Gasteiger partial charge in [0, 0.05) is 6.42 Å². The summed E-state index contributed by atoms with van der Waals surface area (Å²) in [6, 6.07) is 0. The van der Waals surface area contributed by atoms with Crippen molar-refractivity contribution in [2.45, 2.75) is 111 Å². The lowest BCUT2D eigenvalue weighted by atomic mass is 9.64. The van der Waals surface area contributed by atoms with Crippen molar-refractivity contribution < 1.29 is 10.2 Å². The molecular weight excluding hydrogens is 356 g/mol. The molecule has 0 aliphatic heterocycles. The van der Waals surface area contributed by atoms with Crippen LogP contribution in [0.3, 0.4) is 0 Å². The van der Waals surface area contributed by atoms with Crippen LogP contribution in [-0.2, 0) is 0 Å². The fraction of sp³-hybridized carbons (Fsp3) is 0.778. The van der Waals surface area contributed by atoms with Crippen molar-refractivity contribution in [3.8, 4) is 0 Å². The van der Waals surface area contributed by atoms with E-state index in [4.69, 9.17) is 0 Å². The lowest BCUT2D eigenvalue weighted by Crippen LogP contribution is -2.31. The number of hydrogen-bond acceptors (Lipinski definition) is 2. The summed E-state index contributed by atoms with van der Waals surface area (Å²) < 4.78 is 0. The lowest BCUT2D eigenvalue weighted by molar-refractivity contribution is 0.0879. The average Bonchev–Trinajstić information content (AvgIpc) is 3.00. The molecule has 2 nitrogen and oxygen atoms in total. The predicted molar refractivity (Wildman–Crippen MR) is 123 cm³/mol. The molecule has 5 atom stereocenters. The zero-order valence-electron chi connectivity index (χ0n) is 19.5. The van der Waals surface area contributed by atoms with Crippen LogP contribution in [0.5, 0.6) is 0 Å². The molecule has 1 fully saturated rings. The summed E-state index contributed by atoms with van der Waals surface area (Å²) in [4.78, 5) is 0. The van der Waals surface area contributed by atoms with Gasteiger partial charge in [-0.25, -0.2) is 0 Å². The Balaban J connectivity index is 1.76. The van der Waals surface area contributed by atoms with Gasteiger partial charge in [0.15, 0.2) is 0 Å². The van der Waals surface area contributed by atoms with E-state index >= 15 is 0 Å². The maximum Gasteiger partial charge on any atom is 0.0777 e. The third-order valence-electron chi connectivity index (χ3n) is 8.31. The van der Waals surface area contributed by atoms with Crippen molar-refractivity contribution in [2.75, 3.05) is 0 Å². The number of aliphatic hydroxyl groups excluding tert-OH is 2. The van der Waals surface area contributed by atoms with E-state index in [1.807, 2.05) is 6.92 Å². The van der Waals surface area contributed by atoms with Crippen molar-refractivity contribution in [3.63, 3.8) is 0 Å². The Bertz CT molecular complexity index is 668. The molecule has 0 aromatic rings. The van der Waals surface area contributed by atoms with Gasteiger partial charge in [0.05, 0.1) is 12.2 Å². The second kappa shape index (κ2) is 9.52. The van der Waals surface area contributed by atoms with Gasteiger partial charge in [0.2, 0.25) is 0 Å². The van der Waals surface area contributed by atoms with Crippen molar-refractivity contribution in [1.82, 2.24) is 0 Å². The van der Waals surface area contributed by atoms with Gasteiger partial charge in [-0.3, -0.25) is 0 Å². The van der Waals surface area contributed by atoms with Crippen molar-refractivity contribution in [1.29, 1.82) is 0 Å². The maximum atomic E-state index is 10.2. The summed E-state index contributed by atoms with van der Waals surface area (Å²) in [5, 5.41) is 20.2. The first-order chi connectivity index (χ1) is 13.7. The van der Waals surface area contributed by atoms with E-state index in [0.29, 0.717) is 18.3 Å². The summed E-state index contributed by atoms with van der Waals surface area (Å²) in [6.45, 7) is 11.7. The molecule has 3 rings (SSSR count). The van der Waals surface area contributed by atoms with Crippen LogP contribution in [0, 0.1) is 23.2 Å². The minimum atomic E-state index is -0.491. The third-order valence-corrected chi connectivity index (χ3v) is 8.31. The molecular formula is C27H44O2. The Morgan fingerprint density at radius 3 is 2.52 bits per heavy atom. The molecule has 2 N–H and O–H groups in total. The van der Waals surface area contributed by atoms with Crippen LogP contribution in [0.4, 0.5) is 0 Å². The predicted octanol–water partition coefficient (Wildman–Crippen LogP) is 6.73. The second-order valence-corrected chi connectivity index (χ2v) is 10.9. The van der Waals surface area contributed by atoms with Gasteiger partial charge in [-0.05, 0) is 85.3 Å². The van der Waals surface area contributed by atoms with Gasteiger partial charge < -0.3 is 10.2 Å². The van der Waals surface area contributed by atoms with Gasteiger partial charge >= 0.3 is 0 Å². The fourth-order valence-electron chi connectivity index (χ4n) is 6.48. The highest BCUT2D eigenvalue weighted by Crippen LogP contribution is 2.58. The zero-order chi connectivity index (χ0) is 21.2. The van der Waals surface area contributed by atoms with E-state index in [1.165, 1.54) is 51.4 Å². The summed E-state index contributed by atoms with van der Waals surface area (Å²) in [6.07, 6.45) is 15.3. The Morgan fingerprint density at radius 1 is 1.07 bits per heavy atom. The van der Waals surface area contributed by atoms with Gasteiger partial charge in [-0.2, -0.15) is 0 Å². The first kappa shape index (κ1) is 22.8. The lowest BCUT2D eigenvalue weighted by Gasteiger charge is -2.40. The molecule has 0 heterocycles. The van der Waals surface area contributed by atoms with Gasteiger partial charge in [0.25, 0.3) is 0 Å². The highest BCUT2D eigenvalue weighted by atomic mass is 16.3. The topological polar surface area (TPSA) is 40.5 Å². The molecule has 0 amide bonds. The molecule has 3 aliphatic rings. The van der Waals surface area contributed by atoms with E-state index in [0.717, 1.165) is 28.9 Å². The fourth-order valence-corrected chi connectivity index (χ4v) is 6.48. The van der Waals surface area contributed by atoms with Gasteiger partial charge in [0.1, 0.15) is 0 Å². The monoisotopic (exact) mass is 400 g/mol. The van der Waals surface area contributed by atoms with Crippen molar-refractivity contribution in [3.05, 3.63) is 34.4 Å². The molecule has 29 heavy (non-hydrogen) atoms. The van der Waals surface area contributed by atoms with Crippen LogP contribution in [0.2, 0.25) is 0 Å².